The molecule has 6 heteroatoms. The minimum atomic E-state index is -0.783. The topological polar surface area (TPSA) is 80.0 Å². The summed E-state index contributed by atoms with van der Waals surface area (Å²) >= 11 is 0. The first-order valence-corrected chi connectivity index (χ1v) is 7.72. The first kappa shape index (κ1) is 14.9. The van der Waals surface area contributed by atoms with Gasteiger partial charge in [0.05, 0.1) is 5.39 Å². The van der Waals surface area contributed by atoms with E-state index < -0.39 is 5.69 Å². The van der Waals surface area contributed by atoms with Gasteiger partial charge in [-0.1, -0.05) is 42.5 Å². The predicted octanol–water partition coefficient (Wildman–Crippen LogP) is 3.44. The van der Waals surface area contributed by atoms with E-state index >= 15 is 0 Å². The Labute approximate surface area is 143 Å². The smallest absolute Gasteiger partial charge is 0.384 e. The third-order valence-corrected chi connectivity index (χ3v) is 3.89. The van der Waals surface area contributed by atoms with E-state index in [1.165, 1.54) is 6.20 Å². The van der Waals surface area contributed by atoms with E-state index in [1.807, 2.05) is 54.6 Å². The van der Waals surface area contributed by atoms with Crippen LogP contribution in [0.1, 0.15) is 0 Å². The fraction of sp³-hybridized carbons (Fsp3) is 0. The molecule has 2 aromatic carbocycles. The molecule has 2 aromatic heterocycles. The lowest BCUT2D eigenvalue weighted by atomic mass is 10.1. The molecule has 0 radical (unpaired) electrons. The van der Waals surface area contributed by atoms with Crippen molar-refractivity contribution in [3.05, 3.63) is 83.4 Å². The molecule has 0 saturated carbocycles. The van der Waals surface area contributed by atoms with Gasteiger partial charge in [-0.25, -0.2) is 9.78 Å². The van der Waals surface area contributed by atoms with Gasteiger partial charge in [-0.05, 0) is 35.4 Å². The molecule has 0 aliphatic heterocycles. The maximum Gasteiger partial charge on any atom is 0.384 e. The van der Waals surface area contributed by atoms with Crippen molar-refractivity contribution < 1.29 is 5.21 Å². The fourth-order valence-electron chi connectivity index (χ4n) is 2.65. The molecule has 0 amide bonds. The Hall–Kier alpha value is -3.67. The Bertz CT molecular complexity index is 1090. The van der Waals surface area contributed by atoms with Crippen LogP contribution in [-0.4, -0.2) is 19.9 Å². The average Bonchev–Trinajstić information content (AvgIpc) is 2.67. The summed E-state index contributed by atoms with van der Waals surface area (Å²) < 4.78 is 0.443. The minimum absolute atomic E-state index is 0.158. The molecule has 0 aliphatic rings. The Balaban J connectivity index is 1.70. The number of hydrogen-bond acceptors (Lipinski definition) is 5. The van der Waals surface area contributed by atoms with Gasteiger partial charge in [0.25, 0.3) is 0 Å². The van der Waals surface area contributed by atoms with Gasteiger partial charge in [0.15, 0.2) is 5.65 Å². The maximum absolute atomic E-state index is 11.8. The number of fused-ring (bicyclic) bond motifs is 1. The predicted molar refractivity (Wildman–Crippen MR) is 96.1 cm³/mol. The van der Waals surface area contributed by atoms with Crippen LogP contribution in [-0.2, 0) is 0 Å². The molecule has 0 unspecified atom stereocenters. The van der Waals surface area contributed by atoms with E-state index in [-0.39, 0.29) is 5.65 Å². The lowest BCUT2D eigenvalue weighted by Crippen LogP contribution is -2.23. The van der Waals surface area contributed by atoms with Crippen molar-refractivity contribution >= 4 is 22.5 Å². The molecule has 0 saturated heterocycles. The Morgan fingerprint density at radius 2 is 1.60 bits per heavy atom. The Morgan fingerprint density at radius 1 is 0.880 bits per heavy atom. The summed E-state index contributed by atoms with van der Waals surface area (Å²) in [5, 5.41) is 13.4. The van der Waals surface area contributed by atoms with Crippen molar-refractivity contribution in [2.75, 3.05) is 5.32 Å². The van der Waals surface area contributed by atoms with Gasteiger partial charge in [-0.15, -0.1) is 4.73 Å². The second kappa shape index (κ2) is 6.09. The quantitative estimate of drug-likeness (QED) is 0.563. The van der Waals surface area contributed by atoms with E-state index in [9.17, 15) is 10.0 Å². The molecule has 6 nitrogen and oxygen atoms in total. The monoisotopic (exact) mass is 330 g/mol. The standard InChI is InChI=1S/C19H14N4O2/c24-19-22-17(16-7-4-12-20-18(16)23(19)25)21-15-10-8-14(9-11-15)13-5-2-1-3-6-13/h1-12,25H,(H,21,22,24). The molecule has 2 N–H and O–H groups in total. The van der Waals surface area contributed by atoms with Crippen LogP contribution in [0.4, 0.5) is 11.5 Å². The van der Waals surface area contributed by atoms with Gasteiger partial charge < -0.3 is 10.5 Å². The summed E-state index contributed by atoms with van der Waals surface area (Å²) in [6.07, 6.45) is 1.51. The van der Waals surface area contributed by atoms with Crippen LogP contribution in [0.15, 0.2) is 77.7 Å². The molecule has 0 bridgehead atoms. The largest absolute Gasteiger partial charge is 0.422 e. The number of nitrogens with one attached hydrogen (secondary N) is 1. The number of hydrogen-bond donors (Lipinski definition) is 2. The third-order valence-electron chi connectivity index (χ3n) is 3.89. The SMILES string of the molecule is O=c1nc(Nc2ccc(-c3ccccc3)cc2)c2cccnc2n1O. The molecular formula is C19H14N4O2. The van der Waals surface area contributed by atoms with Crippen LogP contribution in [0.5, 0.6) is 0 Å². The summed E-state index contributed by atoms with van der Waals surface area (Å²) in [7, 11) is 0. The van der Waals surface area contributed by atoms with Crippen molar-refractivity contribution in [3.63, 3.8) is 0 Å². The maximum atomic E-state index is 11.8. The van der Waals surface area contributed by atoms with Crippen LogP contribution in [0.25, 0.3) is 22.2 Å². The summed E-state index contributed by atoms with van der Waals surface area (Å²) in [5.74, 6) is 0.353. The third kappa shape index (κ3) is 2.81. The Kier molecular flexibility index (Phi) is 3.63. The first-order valence-electron chi connectivity index (χ1n) is 7.72. The highest BCUT2D eigenvalue weighted by molar-refractivity contribution is 5.88. The van der Waals surface area contributed by atoms with Gasteiger partial charge in [0, 0.05) is 11.9 Å². The normalized spacial score (nSPS) is 10.7. The van der Waals surface area contributed by atoms with E-state index in [4.69, 9.17) is 0 Å². The van der Waals surface area contributed by atoms with Crippen molar-refractivity contribution in [2.24, 2.45) is 0 Å². The van der Waals surface area contributed by atoms with Crippen molar-refractivity contribution in [1.82, 2.24) is 14.7 Å². The second-order valence-electron chi connectivity index (χ2n) is 5.50. The summed E-state index contributed by atoms with van der Waals surface area (Å²) in [4.78, 5) is 19.7. The van der Waals surface area contributed by atoms with Crippen LogP contribution in [0.2, 0.25) is 0 Å². The van der Waals surface area contributed by atoms with E-state index in [1.54, 1.807) is 12.1 Å². The summed E-state index contributed by atoms with van der Waals surface area (Å²) in [6.45, 7) is 0. The van der Waals surface area contributed by atoms with Gasteiger partial charge >= 0.3 is 5.69 Å². The molecule has 122 valence electrons. The number of aromatic nitrogens is 3. The fourth-order valence-corrected chi connectivity index (χ4v) is 2.65. The van der Waals surface area contributed by atoms with Crippen molar-refractivity contribution in [1.29, 1.82) is 0 Å². The highest BCUT2D eigenvalue weighted by Crippen LogP contribution is 2.24. The zero-order chi connectivity index (χ0) is 17.2. The highest BCUT2D eigenvalue weighted by atomic mass is 16.5. The minimum Gasteiger partial charge on any atom is -0.422 e. The summed E-state index contributed by atoms with van der Waals surface area (Å²) in [5.41, 5.74) is 2.38. The van der Waals surface area contributed by atoms with Gasteiger partial charge in [0.2, 0.25) is 0 Å². The Morgan fingerprint density at radius 3 is 2.36 bits per heavy atom. The van der Waals surface area contributed by atoms with E-state index in [2.05, 4.69) is 15.3 Å². The van der Waals surface area contributed by atoms with Crippen LogP contribution >= 0.6 is 0 Å². The molecule has 4 aromatic rings. The summed E-state index contributed by atoms with van der Waals surface area (Å²) in [6, 6.07) is 21.3. The molecule has 25 heavy (non-hydrogen) atoms. The molecule has 0 fully saturated rings. The van der Waals surface area contributed by atoms with Gasteiger partial charge in [-0.3, -0.25) is 0 Å². The lowest BCUT2D eigenvalue weighted by Gasteiger charge is -2.10. The molecular weight excluding hydrogens is 316 g/mol. The average molecular weight is 330 g/mol. The highest BCUT2D eigenvalue weighted by Gasteiger charge is 2.10. The number of pyridine rings is 1. The zero-order valence-corrected chi connectivity index (χ0v) is 13.1. The zero-order valence-electron chi connectivity index (χ0n) is 13.1. The van der Waals surface area contributed by atoms with Crippen LogP contribution in [0.3, 0.4) is 0 Å². The van der Waals surface area contributed by atoms with E-state index in [0.29, 0.717) is 15.9 Å². The number of rotatable bonds is 3. The molecule has 0 spiro atoms. The van der Waals surface area contributed by atoms with Crippen LogP contribution in [0, 0.1) is 0 Å². The van der Waals surface area contributed by atoms with Gasteiger partial charge in [0.1, 0.15) is 5.82 Å². The number of benzene rings is 2. The van der Waals surface area contributed by atoms with E-state index in [0.717, 1.165) is 16.8 Å². The molecule has 0 atom stereocenters. The van der Waals surface area contributed by atoms with Gasteiger partial charge in [-0.2, -0.15) is 4.98 Å². The molecule has 0 aliphatic carbocycles. The molecule has 4 rings (SSSR count). The number of nitrogens with zero attached hydrogens (tertiary/aromatic N) is 3. The van der Waals surface area contributed by atoms with Crippen LogP contribution < -0.4 is 11.0 Å². The number of anilines is 2. The first-order chi connectivity index (χ1) is 12.2. The molecule has 2 heterocycles. The lowest BCUT2D eigenvalue weighted by molar-refractivity contribution is 0.182. The van der Waals surface area contributed by atoms with Crippen molar-refractivity contribution in [3.8, 4) is 11.1 Å². The van der Waals surface area contributed by atoms with Crippen molar-refractivity contribution in [2.45, 2.75) is 0 Å². The second-order valence-corrected chi connectivity index (χ2v) is 5.50.